The van der Waals surface area contributed by atoms with Gasteiger partial charge in [0.05, 0.1) is 11.0 Å². The van der Waals surface area contributed by atoms with Crippen LogP contribution in [0.1, 0.15) is 0 Å². The third-order valence-electron chi connectivity index (χ3n) is 10.1. The number of aromatic nitrogens is 1. The maximum Gasteiger partial charge on any atom is 0.137 e. The van der Waals surface area contributed by atoms with Gasteiger partial charge in [0.15, 0.2) is 0 Å². The van der Waals surface area contributed by atoms with Gasteiger partial charge in [0, 0.05) is 61.1 Å². The molecular formula is C46H28N2O2. The second-order valence-corrected chi connectivity index (χ2v) is 13.0. The molecule has 234 valence electrons. The van der Waals surface area contributed by atoms with Crippen molar-refractivity contribution in [3.05, 3.63) is 170 Å². The maximum atomic E-state index is 6.61. The molecule has 0 radical (unpaired) electrons. The smallest absolute Gasteiger partial charge is 0.137 e. The van der Waals surface area contributed by atoms with Crippen LogP contribution < -0.4 is 4.90 Å². The summed E-state index contributed by atoms with van der Waals surface area (Å²) in [7, 11) is 0. The Balaban J connectivity index is 1.09. The van der Waals surface area contributed by atoms with Gasteiger partial charge in [-0.2, -0.15) is 0 Å². The number of nitrogens with zero attached hydrogens (tertiary/aromatic N) is 2. The maximum absolute atomic E-state index is 6.61. The van der Waals surface area contributed by atoms with E-state index in [2.05, 4.69) is 167 Å². The zero-order valence-electron chi connectivity index (χ0n) is 26.9. The van der Waals surface area contributed by atoms with Crippen molar-refractivity contribution in [1.29, 1.82) is 0 Å². The van der Waals surface area contributed by atoms with E-state index in [0.29, 0.717) is 0 Å². The minimum atomic E-state index is 0.852. The van der Waals surface area contributed by atoms with E-state index < -0.39 is 0 Å². The zero-order chi connectivity index (χ0) is 32.8. The highest BCUT2D eigenvalue weighted by atomic mass is 16.3. The lowest BCUT2D eigenvalue weighted by atomic mass is 10.0. The minimum Gasteiger partial charge on any atom is -0.456 e. The number of fused-ring (bicyclic) bond motifs is 10. The molecule has 0 saturated carbocycles. The molecule has 0 saturated heterocycles. The van der Waals surface area contributed by atoms with Crippen molar-refractivity contribution in [3.8, 4) is 5.69 Å². The molecule has 0 unspecified atom stereocenters. The van der Waals surface area contributed by atoms with Gasteiger partial charge in [0.1, 0.15) is 22.3 Å². The molecule has 4 heteroatoms. The molecule has 0 aliphatic carbocycles. The van der Waals surface area contributed by atoms with Crippen LogP contribution in [0.25, 0.3) is 82.1 Å². The van der Waals surface area contributed by atoms with Crippen LogP contribution in [-0.4, -0.2) is 4.57 Å². The molecule has 0 aliphatic heterocycles. The Morgan fingerprint density at radius 3 is 1.70 bits per heavy atom. The summed E-state index contributed by atoms with van der Waals surface area (Å²) in [6, 6.07) is 60.2. The van der Waals surface area contributed by atoms with Crippen LogP contribution in [-0.2, 0) is 0 Å². The number of anilines is 3. The normalized spacial score (nSPS) is 12.0. The van der Waals surface area contributed by atoms with E-state index in [9.17, 15) is 0 Å². The Morgan fingerprint density at radius 2 is 0.900 bits per heavy atom. The Labute approximate surface area is 286 Å². The first-order valence-corrected chi connectivity index (χ1v) is 16.9. The molecule has 0 amide bonds. The van der Waals surface area contributed by atoms with Crippen molar-refractivity contribution in [2.45, 2.75) is 0 Å². The number of hydrogen-bond donors (Lipinski definition) is 0. The van der Waals surface area contributed by atoms with Crippen LogP contribution in [0.5, 0.6) is 0 Å². The van der Waals surface area contributed by atoms with Crippen LogP contribution in [0.15, 0.2) is 179 Å². The topological polar surface area (TPSA) is 34.5 Å². The molecule has 11 rings (SSSR count). The number of benzene rings is 8. The molecular weight excluding hydrogens is 613 g/mol. The van der Waals surface area contributed by atoms with Crippen molar-refractivity contribution < 1.29 is 8.83 Å². The summed E-state index contributed by atoms with van der Waals surface area (Å²) in [5.41, 5.74) is 10.2. The van der Waals surface area contributed by atoms with Crippen LogP contribution >= 0.6 is 0 Å². The fourth-order valence-corrected chi connectivity index (χ4v) is 7.85. The third kappa shape index (κ3) is 3.99. The highest BCUT2D eigenvalue weighted by Crippen LogP contribution is 2.42. The third-order valence-corrected chi connectivity index (χ3v) is 10.1. The predicted molar refractivity (Wildman–Crippen MR) is 208 cm³/mol. The lowest BCUT2D eigenvalue weighted by Gasteiger charge is -2.25. The van der Waals surface area contributed by atoms with Gasteiger partial charge in [-0.3, -0.25) is 0 Å². The van der Waals surface area contributed by atoms with E-state index in [1.165, 1.54) is 21.8 Å². The average Bonchev–Trinajstić information content (AvgIpc) is 3.82. The van der Waals surface area contributed by atoms with Gasteiger partial charge in [-0.05, 0) is 102 Å². The summed E-state index contributed by atoms with van der Waals surface area (Å²) in [6.45, 7) is 0. The van der Waals surface area contributed by atoms with Gasteiger partial charge in [0.2, 0.25) is 0 Å². The number of para-hydroxylation sites is 4. The molecule has 50 heavy (non-hydrogen) atoms. The number of hydrogen-bond acceptors (Lipinski definition) is 3. The lowest BCUT2D eigenvalue weighted by Crippen LogP contribution is -2.09. The standard InChI is InChI=1S/C46H28N2O2/c1-3-11-31(12-4-1)47(33-20-22-42-38(27-33)35-15-7-9-17-41(35)48(42)32-13-5-2-6-14-32)34-19-21-37-40-24-29-23-39-36-16-8-10-18-43(36)49-44(39)25-30(29)26-45(40)50-46(37)28-34/h1-28H. The average molecular weight is 641 g/mol. The molecule has 8 aromatic carbocycles. The van der Waals surface area contributed by atoms with E-state index in [0.717, 1.165) is 77.4 Å². The summed E-state index contributed by atoms with van der Waals surface area (Å²) in [5, 5.41) is 9.15. The van der Waals surface area contributed by atoms with Crippen LogP contribution in [0, 0.1) is 0 Å². The van der Waals surface area contributed by atoms with Gasteiger partial charge in [-0.25, -0.2) is 0 Å². The molecule has 0 bridgehead atoms. The quantitative estimate of drug-likeness (QED) is 0.192. The van der Waals surface area contributed by atoms with Gasteiger partial charge in [-0.1, -0.05) is 72.8 Å². The van der Waals surface area contributed by atoms with Crippen molar-refractivity contribution in [2.75, 3.05) is 4.90 Å². The molecule has 11 aromatic rings. The summed E-state index contributed by atoms with van der Waals surface area (Å²) < 4.78 is 15.2. The van der Waals surface area contributed by atoms with Crippen molar-refractivity contribution in [1.82, 2.24) is 4.57 Å². The van der Waals surface area contributed by atoms with Gasteiger partial charge in [-0.15, -0.1) is 0 Å². The number of furan rings is 2. The first kappa shape index (κ1) is 27.2. The molecule has 3 heterocycles. The molecule has 0 fully saturated rings. The SMILES string of the molecule is c1ccc(N(c2ccc3c(c2)oc2cc4cc5oc6ccccc6c5cc4cc23)c2ccc3c(c2)c2ccccc2n3-c2ccccc2)cc1. The molecule has 0 spiro atoms. The Kier molecular flexibility index (Phi) is 5.63. The van der Waals surface area contributed by atoms with Crippen molar-refractivity contribution >= 4 is 93.5 Å². The summed E-state index contributed by atoms with van der Waals surface area (Å²) in [4.78, 5) is 2.32. The lowest BCUT2D eigenvalue weighted by molar-refractivity contribution is 0.668. The number of rotatable bonds is 4. The second kappa shape index (κ2) is 10.4. The van der Waals surface area contributed by atoms with E-state index in [4.69, 9.17) is 8.83 Å². The molecule has 3 aromatic heterocycles. The van der Waals surface area contributed by atoms with E-state index in [-0.39, 0.29) is 0 Å². The van der Waals surface area contributed by atoms with E-state index in [1.54, 1.807) is 0 Å². The monoisotopic (exact) mass is 640 g/mol. The van der Waals surface area contributed by atoms with Crippen molar-refractivity contribution in [2.24, 2.45) is 0 Å². The zero-order valence-corrected chi connectivity index (χ0v) is 26.9. The molecule has 0 atom stereocenters. The van der Waals surface area contributed by atoms with Crippen LogP contribution in [0.2, 0.25) is 0 Å². The Bertz CT molecular complexity index is 3100. The predicted octanol–water partition coefficient (Wildman–Crippen LogP) is 13.2. The fraction of sp³-hybridized carbons (Fsp3) is 0. The van der Waals surface area contributed by atoms with Crippen LogP contribution in [0.3, 0.4) is 0 Å². The van der Waals surface area contributed by atoms with Crippen molar-refractivity contribution in [3.63, 3.8) is 0 Å². The van der Waals surface area contributed by atoms with E-state index >= 15 is 0 Å². The minimum absolute atomic E-state index is 0.852. The second-order valence-electron chi connectivity index (χ2n) is 13.0. The molecule has 0 N–H and O–H groups in total. The molecule has 4 nitrogen and oxygen atoms in total. The van der Waals surface area contributed by atoms with E-state index in [1.807, 2.05) is 12.1 Å². The summed E-state index contributed by atoms with van der Waals surface area (Å²) >= 11 is 0. The first-order chi connectivity index (χ1) is 24.8. The highest BCUT2D eigenvalue weighted by Gasteiger charge is 2.19. The molecule has 0 aliphatic rings. The Hall–Kier alpha value is -6.78. The Morgan fingerprint density at radius 1 is 0.340 bits per heavy atom. The van der Waals surface area contributed by atoms with Gasteiger partial charge in [0.25, 0.3) is 0 Å². The summed E-state index contributed by atoms with van der Waals surface area (Å²) in [6.07, 6.45) is 0. The van der Waals surface area contributed by atoms with Crippen LogP contribution in [0.4, 0.5) is 17.1 Å². The largest absolute Gasteiger partial charge is 0.456 e. The first-order valence-electron chi connectivity index (χ1n) is 16.9. The van der Waals surface area contributed by atoms with Gasteiger partial charge < -0.3 is 18.3 Å². The fourth-order valence-electron chi connectivity index (χ4n) is 7.85. The summed E-state index contributed by atoms with van der Waals surface area (Å²) in [5.74, 6) is 0. The van der Waals surface area contributed by atoms with Gasteiger partial charge >= 0.3 is 0 Å². The highest BCUT2D eigenvalue weighted by molar-refractivity contribution is 6.16.